The van der Waals surface area contributed by atoms with E-state index < -0.39 is 40.3 Å². The van der Waals surface area contributed by atoms with Crippen molar-refractivity contribution in [1.29, 1.82) is 0 Å². The summed E-state index contributed by atoms with van der Waals surface area (Å²) in [6.45, 7) is 0.298. The van der Waals surface area contributed by atoms with Gasteiger partial charge in [0.2, 0.25) is 5.43 Å². The highest BCUT2D eigenvalue weighted by Gasteiger charge is 2.66. The highest BCUT2D eigenvalue weighted by atomic mass is 19.1. The van der Waals surface area contributed by atoms with Crippen LogP contribution in [0.15, 0.2) is 29.2 Å². The molecule has 0 radical (unpaired) electrons. The second-order valence-corrected chi connectivity index (χ2v) is 9.32. The fourth-order valence-corrected chi connectivity index (χ4v) is 5.72. The lowest BCUT2D eigenvalue weighted by Crippen LogP contribution is -2.70. The Morgan fingerprint density at radius 1 is 1.31 bits per heavy atom. The van der Waals surface area contributed by atoms with Crippen molar-refractivity contribution in [3.8, 4) is 5.75 Å². The largest absolute Gasteiger partial charge is 0.502 e. The Morgan fingerprint density at radius 3 is 2.71 bits per heavy atom. The highest BCUT2D eigenvalue weighted by molar-refractivity contribution is 6.00. The number of nitrogens with zero attached hydrogens (tertiary/aromatic N) is 3. The van der Waals surface area contributed by atoms with Crippen molar-refractivity contribution >= 4 is 11.8 Å². The molecule has 1 aromatic heterocycles. The second kappa shape index (κ2) is 8.33. The average Bonchev–Trinajstić information content (AvgIpc) is 3.53. The Labute approximate surface area is 199 Å². The van der Waals surface area contributed by atoms with Gasteiger partial charge in [0, 0.05) is 51.0 Å². The van der Waals surface area contributed by atoms with E-state index in [1.165, 1.54) is 24.0 Å². The molecule has 9 nitrogen and oxygen atoms in total. The zero-order valence-corrected chi connectivity index (χ0v) is 19.4. The summed E-state index contributed by atoms with van der Waals surface area (Å²) in [6.07, 6.45) is 3.88. The molecule has 1 aliphatic heterocycles. The number of hydrogen-bond donors (Lipinski definition) is 2. The Bertz CT molecular complexity index is 1280. The SMILES string of the molecule is COCCN1C(=O)c2c(O)c(=O)c(C(=O)NCc3ccc(F)cc3F)cn2N(C)C12CC[C@@H]1C[C@@H]12. The summed E-state index contributed by atoms with van der Waals surface area (Å²) in [7, 11) is 3.31. The van der Waals surface area contributed by atoms with Gasteiger partial charge in [-0.05, 0) is 31.2 Å². The van der Waals surface area contributed by atoms with Crippen LogP contribution in [0.1, 0.15) is 45.7 Å². The number of hydrogen-bond acceptors (Lipinski definition) is 6. The predicted octanol–water partition coefficient (Wildman–Crippen LogP) is 1.56. The first-order chi connectivity index (χ1) is 16.7. The van der Waals surface area contributed by atoms with Gasteiger partial charge in [-0.3, -0.25) is 24.1 Å². The zero-order chi connectivity index (χ0) is 25.1. The van der Waals surface area contributed by atoms with Crippen LogP contribution in [-0.4, -0.2) is 59.5 Å². The minimum atomic E-state index is -1.01. The third-order valence-corrected chi connectivity index (χ3v) is 7.58. The third kappa shape index (κ3) is 3.48. The first kappa shape index (κ1) is 23.3. The van der Waals surface area contributed by atoms with Gasteiger partial charge in [-0.25, -0.2) is 8.78 Å². The predicted molar refractivity (Wildman–Crippen MR) is 121 cm³/mol. The van der Waals surface area contributed by atoms with E-state index in [2.05, 4.69) is 5.32 Å². The van der Waals surface area contributed by atoms with Crippen LogP contribution in [0.3, 0.4) is 0 Å². The van der Waals surface area contributed by atoms with Crippen LogP contribution >= 0.6 is 0 Å². The van der Waals surface area contributed by atoms with Crippen molar-refractivity contribution in [2.45, 2.75) is 31.5 Å². The molecule has 5 rings (SSSR count). The maximum Gasteiger partial charge on any atom is 0.278 e. The first-order valence-corrected chi connectivity index (χ1v) is 11.5. The number of amides is 2. The quantitative estimate of drug-likeness (QED) is 0.640. The molecule has 186 valence electrons. The molecule has 2 aromatic rings. The van der Waals surface area contributed by atoms with Crippen LogP contribution in [0.25, 0.3) is 0 Å². The molecule has 11 heteroatoms. The van der Waals surface area contributed by atoms with Crippen LogP contribution in [0, 0.1) is 23.5 Å². The number of ether oxygens (including phenoxy) is 1. The zero-order valence-electron chi connectivity index (χ0n) is 19.4. The van der Waals surface area contributed by atoms with E-state index in [0.29, 0.717) is 31.6 Å². The summed E-state index contributed by atoms with van der Waals surface area (Å²) in [6, 6.07) is 2.95. The molecule has 1 unspecified atom stereocenters. The van der Waals surface area contributed by atoms with E-state index in [1.54, 1.807) is 11.9 Å². The van der Waals surface area contributed by atoms with Gasteiger partial charge in [-0.1, -0.05) is 6.07 Å². The fourth-order valence-electron chi connectivity index (χ4n) is 5.72. The number of aromatic hydroxyl groups is 1. The summed E-state index contributed by atoms with van der Waals surface area (Å²) in [4.78, 5) is 41.0. The lowest BCUT2D eigenvalue weighted by molar-refractivity contribution is 0.0112. The Kier molecular flexibility index (Phi) is 5.54. The smallest absolute Gasteiger partial charge is 0.278 e. The number of pyridine rings is 1. The van der Waals surface area contributed by atoms with Crippen molar-refractivity contribution < 1.29 is 28.2 Å². The van der Waals surface area contributed by atoms with E-state index in [4.69, 9.17) is 4.74 Å². The lowest BCUT2D eigenvalue weighted by Gasteiger charge is -2.54. The van der Waals surface area contributed by atoms with Gasteiger partial charge < -0.3 is 20.1 Å². The Balaban J connectivity index is 1.51. The number of benzene rings is 1. The molecule has 3 atom stereocenters. The topological polar surface area (TPSA) is 104 Å². The van der Waals surface area contributed by atoms with E-state index in [-0.39, 0.29) is 29.3 Å². The number of nitrogens with one attached hydrogen (secondary N) is 1. The summed E-state index contributed by atoms with van der Waals surface area (Å²) < 4.78 is 33.7. The molecule has 2 aliphatic carbocycles. The monoisotopic (exact) mass is 488 g/mol. The Morgan fingerprint density at radius 2 is 2.09 bits per heavy atom. The molecule has 0 bridgehead atoms. The minimum Gasteiger partial charge on any atom is -0.502 e. The van der Waals surface area contributed by atoms with Crippen LogP contribution in [0.5, 0.6) is 5.75 Å². The molecule has 1 spiro atoms. The highest BCUT2D eigenvalue weighted by Crippen LogP contribution is 2.61. The molecule has 0 saturated heterocycles. The molecule has 35 heavy (non-hydrogen) atoms. The molecule has 2 heterocycles. The van der Waals surface area contributed by atoms with Crippen LogP contribution in [-0.2, 0) is 11.3 Å². The average molecular weight is 488 g/mol. The lowest BCUT2D eigenvalue weighted by atomic mass is 9.97. The number of halogens is 2. The second-order valence-electron chi connectivity index (χ2n) is 9.32. The van der Waals surface area contributed by atoms with Crippen molar-refractivity contribution in [3.63, 3.8) is 0 Å². The van der Waals surface area contributed by atoms with Crippen molar-refractivity contribution in [1.82, 2.24) is 14.9 Å². The maximum absolute atomic E-state index is 13.9. The van der Waals surface area contributed by atoms with Gasteiger partial charge in [0.15, 0.2) is 11.4 Å². The number of methoxy groups -OCH3 is 1. The van der Waals surface area contributed by atoms with Crippen LogP contribution in [0.2, 0.25) is 0 Å². The molecule has 2 fully saturated rings. The normalized spacial score (nSPS) is 24.5. The van der Waals surface area contributed by atoms with Gasteiger partial charge in [0.05, 0.1) is 6.61 Å². The number of aromatic nitrogens is 1. The van der Waals surface area contributed by atoms with Crippen LogP contribution in [0.4, 0.5) is 8.78 Å². The summed E-state index contributed by atoms with van der Waals surface area (Å²) in [5, 5.41) is 15.0. The van der Waals surface area contributed by atoms with E-state index in [1.807, 2.05) is 5.01 Å². The fraction of sp³-hybridized carbons (Fsp3) is 0.458. The Hall–Kier alpha value is -3.47. The minimum absolute atomic E-state index is 0.0350. The molecule has 1 aromatic carbocycles. The molecule has 2 N–H and O–H groups in total. The summed E-state index contributed by atoms with van der Waals surface area (Å²) in [5.41, 5.74) is -2.23. The molecule has 2 amide bonds. The van der Waals surface area contributed by atoms with Gasteiger partial charge >= 0.3 is 0 Å². The van der Waals surface area contributed by atoms with Gasteiger partial charge in [0.1, 0.15) is 22.9 Å². The molecular weight excluding hydrogens is 462 g/mol. The van der Waals surface area contributed by atoms with Crippen molar-refractivity contribution in [3.05, 3.63) is 63.1 Å². The maximum atomic E-state index is 13.9. The molecular formula is C24H26F2N4O5. The summed E-state index contributed by atoms with van der Waals surface area (Å²) >= 11 is 0. The standard InChI is InChI=1S/C24H26F2N4O5/c1-28-24(6-5-13-9-17(13)24)29(7-8-35-2)23(34)19-21(32)20(31)16(12-30(19)28)22(33)27-11-14-3-4-15(25)10-18(14)26/h3-4,10,12-13,17,32H,5-9,11H2,1-2H3,(H,27,33)/t13-,17+,24?/m1/s1. The van der Waals surface area contributed by atoms with Crippen molar-refractivity contribution in [2.75, 3.05) is 32.3 Å². The van der Waals surface area contributed by atoms with Gasteiger partial charge in [0.25, 0.3) is 11.8 Å². The number of fused-ring (bicyclic) bond motifs is 3. The van der Waals surface area contributed by atoms with Crippen molar-refractivity contribution in [2.24, 2.45) is 11.8 Å². The van der Waals surface area contributed by atoms with E-state index in [9.17, 15) is 28.3 Å². The first-order valence-electron chi connectivity index (χ1n) is 11.5. The summed E-state index contributed by atoms with van der Waals surface area (Å²) in [5.74, 6) is -3.02. The molecule has 2 saturated carbocycles. The number of rotatable bonds is 6. The third-order valence-electron chi connectivity index (χ3n) is 7.58. The number of carbonyl (C=O) groups is 2. The van der Waals surface area contributed by atoms with Gasteiger partial charge in [-0.2, -0.15) is 0 Å². The number of carbonyl (C=O) groups excluding carboxylic acids is 2. The van der Waals surface area contributed by atoms with E-state index >= 15 is 0 Å². The molecule has 3 aliphatic rings. The van der Waals surface area contributed by atoms with E-state index in [0.717, 1.165) is 18.9 Å². The van der Waals surface area contributed by atoms with Gasteiger partial charge in [-0.15, -0.1) is 0 Å². The van der Waals surface area contributed by atoms with Crippen LogP contribution < -0.4 is 15.8 Å².